The van der Waals surface area contributed by atoms with E-state index in [1.54, 1.807) is 0 Å². The van der Waals surface area contributed by atoms with Crippen LogP contribution in [0.5, 0.6) is 0 Å². The van der Waals surface area contributed by atoms with E-state index in [4.69, 9.17) is 37.0 Å². The Balaban J connectivity index is 5.23. The fourth-order valence-electron chi connectivity index (χ4n) is 13.2. The molecule has 0 amide bonds. The Morgan fingerprint density at radius 2 is 0.490 bits per heavy atom. The van der Waals surface area contributed by atoms with Crippen molar-refractivity contribution < 1.29 is 80.2 Å². The van der Waals surface area contributed by atoms with Gasteiger partial charge in [-0.2, -0.15) is 0 Å². The number of carbonyl (C=O) groups is 4. The summed E-state index contributed by atoms with van der Waals surface area (Å²) in [5.74, 6) is 0.256. The average molecular weight is 1520 g/mol. The second-order valence-electron chi connectivity index (χ2n) is 31.8. The van der Waals surface area contributed by atoms with Gasteiger partial charge in [0.25, 0.3) is 0 Å². The second kappa shape index (κ2) is 75.1. The van der Waals surface area contributed by atoms with Crippen molar-refractivity contribution in [3.05, 3.63) is 0 Å². The van der Waals surface area contributed by atoms with Crippen LogP contribution in [0.15, 0.2) is 0 Å². The van der Waals surface area contributed by atoms with Crippen molar-refractivity contribution in [2.45, 2.75) is 465 Å². The molecule has 618 valence electrons. The van der Waals surface area contributed by atoms with Gasteiger partial charge in [0, 0.05) is 25.7 Å². The third kappa shape index (κ3) is 76.8. The largest absolute Gasteiger partial charge is 0.472 e. The van der Waals surface area contributed by atoms with Crippen molar-refractivity contribution in [3.8, 4) is 0 Å². The molecule has 0 spiro atoms. The molecule has 0 bridgehead atoms. The standard InChI is InChI=1S/C85H166O17P2/c1-8-10-11-12-13-14-15-16-17-20-24-27-32-37-45-52-59-66-82(87)95-72-80(101-84(89)68-61-54-47-38-33-28-25-22-19-18-21-23-26-31-36-44-51-58-65-78(7)9-2)74-99-103(91,92)97-70-79(86)71-98-104(93,94)100-75-81(73-96-83(88)67-60-53-46-41-40-43-50-57-64-77(5)6)102-85(90)69-62-55-48-39-34-29-30-35-42-49-56-63-76(3)4/h76-81,86H,8-75H2,1-7H3,(H,91,92)(H,93,94)/t78?,79-,80-,81-/m1/s1. The maximum absolute atomic E-state index is 13.1. The van der Waals surface area contributed by atoms with Crippen LogP contribution in [-0.2, 0) is 65.4 Å². The van der Waals surface area contributed by atoms with Gasteiger partial charge in [0.05, 0.1) is 26.4 Å². The first-order valence-electron chi connectivity index (χ1n) is 43.9. The number of hydrogen-bond acceptors (Lipinski definition) is 15. The molecule has 3 N–H and O–H groups in total. The quantitative estimate of drug-likeness (QED) is 0.0222. The summed E-state index contributed by atoms with van der Waals surface area (Å²) in [6.45, 7) is 12.0. The van der Waals surface area contributed by atoms with Crippen LogP contribution >= 0.6 is 15.6 Å². The first-order valence-corrected chi connectivity index (χ1v) is 46.9. The van der Waals surface area contributed by atoms with E-state index >= 15 is 0 Å². The fraction of sp³-hybridized carbons (Fsp3) is 0.953. The zero-order chi connectivity index (χ0) is 76.5. The lowest BCUT2D eigenvalue weighted by Gasteiger charge is -2.21. The van der Waals surface area contributed by atoms with Gasteiger partial charge in [0.15, 0.2) is 12.2 Å². The van der Waals surface area contributed by atoms with Crippen molar-refractivity contribution in [2.24, 2.45) is 17.8 Å². The van der Waals surface area contributed by atoms with E-state index in [0.29, 0.717) is 25.7 Å². The Bertz CT molecular complexity index is 2010. The van der Waals surface area contributed by atoms with Gasteiger partial charge in [-0.25, -0.2) is 9.13 Å². The molecule has 0 radical (unpaired) electrons. The zero-order valence-electron chi connectivity index (χ0n) is 68.5. The number of rotatable bonds is 83. The topological polar surface area (TPSA) is 237 Å². The van der Waals surface area contributed by atoms with E-state index < -0.39 is 97.5 Å². The number of esters is 4. The van der Waals surface area contributed by atoms with E-state index in [1.807, 2.05) is 0 Å². The summed E-state index contributed by atoms with van der Waals surface area (Å²) >= 11 is 0. The summed E-state index contributed by atoms with van der Waals surface area (Å²) in [7, 11) is -9.93. The van der Waals surface area contributed by atoms with Gasteiger partial charge in [0.2, 0.25) is 0 Å². The number of ether oxygens (including phenoxy) is 4. The van der Waals surface area contributed by atoms with Crippen LogP contribution < -0.4 is 0 Å². The summed E-state index contributed by atoms with van der Waals surface area (Å²) in [6.07, 6.45) is 65.3. The number of carbonyl (C=O) groups excluding carboxylic acids is 4. The van der Waals surface area contributed by atoms with Crippen LogP contribution in [0.2, 0.25) is 0 Å². The van der Waals surface area contributed by atoms with E-state index in [1.165, 1.54) is 257 Å². The predicted octanol–water partition coefficient (Wildman–Crippen LogP) is 25.7. The Labute approximate surface area is 638 Å². The van der Waals surface area contributed by atoms with Gasteiger partial charge >= 0.3 is 39.5 Å². The molecule has 3 unspecified atom stereocenters. The highest BCUT2D eigenvalue weighted by Crippen LogP contribution is 2.45. The van der Waals surface area contributed by atoms with Gasteiger partial charge < -0.3 is 33.8 Å². The van der Waals surface area contributed by atoms with E-state index in [0.717, 1.165) is 108 Å². The smallest absolute Gasteiger partial charge is 0.462 e. The minimum Gasteiger partial charge on any atom is -0.462 e. The second-order valence-corrected chi connectivity index (χ2v) is 34.7. The third-order valence-electron chi connectivity index (χ3n) is 20.2. The van der Waals surface area contributed by atoms with E-state index in [9.17, 15) is 43.2 Å². The highest BCUT2D eigenvalue weighted by molar-refractivity contribution is 7.47. The Kier molecular flexibility index (Phi) is 73.7. The molecule has 0 aliphatic carbocycles. The molecule has 0 aromatic carbocycles. The summed E-state index contributed by atoms with van der Waals surface area (Å²) in [6, 6.07) is 0. The minimum absolute atomic E-state index is 0.106. The van der Waals surface area contributed by atoms with Gasteiger partial charge in [-0.15, -0.1) is 0 Å². The molecule has 0 aromatic heterocycles. The number of hydrogen-bond donors (Lipinski definition) is 3. The van der Waals surface area contributed by atoms with E-state index in [2.05, 4.69) is 48.5 Å². The van der Waals surface area contributed by atoms with Gasteiger partial charge in [0.1, 0.15) is 19.3 Å². The molecule has 0 rings (SSSR count). The Hall–Kier alpha value is -1.94. The van der Waals surface area contributed by atoms with Crippen LogP contribution in [-0.4, -0.2) is 96.7 Å². The summed E-state index contributed by atoms with van der Waals surface area (Å²) in [5, 5.41) is 10.7. The SMILES string of the molecule is CCCCCCCCCCCCCCCCCCCC(=O)OC[C@H](COP(=O)(O)OC[C@@H](O)COP(=O)(O)OC[C@@H](COC(=O)CCCCCCCCCCC(C)C)OC(=O)CCCCCCCCCCCCCC(C)C)OC(=O)CCCCCCCCCCCCCCCCCCCCC(C)CC. The molecule has 0 aromatic rings. The maximum Gasteiger partial charge on any atom is 0.472 e. The fourth-order valence-corrected chi connectivity index (χ4v) is 14.7. The molecule has 0 aliphatic heterocycles. The maximum atomic E-state index is 13.1. The van der Waals surface area contributed by atoms with Crippen molar-refractivity contribution in [1.29, 1.82) is 0 Å². The van der Waals surface area contributed by atoms with Crippen LogP contribution in [0.25, 0.3) is 0 Å². The van der Waals surface area contributed by atoms with Crippen molar-refractivity contribution in [1.82, 2.24) is 0 Å². The number of phosphoric ester groups is 2. The van der Waals surface area contributed by atoms with Crippen LogP contribution in [0.1, 0.15) is 447 Å². The highest BCUT2D eigenvalue weighted by atomic mass is 31.2. The molecule has 104 heavy (non-hydrogen) atoms. The number of unbranched alkanes of at least 4 members (excludes halogenated alkanes) is 50. The lowest BCUT2D eigenvalue weighted by molar-refractivity contribution is -0.161. The lowest BCUT2D eigenvalue weighted by Crippen LogP contribution is -2.30. The third-order valence-corrected chi connectivity index (χ3v) is 22.1. The first-order chi connectivity index (χ1) is 50.3. The van der Waals surface area contributed by atoms with Crippen LogP contribution in [0, 0.1) is 17.8 Å². The molecule has 0 saturated carbocycles. The first kappa shape index (κ1) is 102. The normalized spacial score (nSPS) is 14.2. The summed E-state index contributed by atoms with van der Waals surface area (Å²) in [4.78, 5) is 73.2. The van der Waals surface area contributed by atoms with Crippen LogP contribution in [0.3, 0.4) is 0 Å². The molecule has 6 atom stereocenters. The van der Waals surface area contributed by atoms with Gasteiger partial charge in [-0.05, 0) is 43.4 Å². The minimum atomic E-state index is -4.97. The van der Waals surface area contributed by atoms with Crippen molar-refractivity contribution in [2.75, 3.05) is 39.6 Å². The van der Waals surface area contributed by atoms with Crippen LogP contribution in [0.4, 0.5) is 0 Å². The Morgan fingerprint density at radius 3 is 0.731 bits per heavy atom. The Morgan fingerprint density at radius 1 is 0.279 bits per heavy atom. The molecule has 19 heteroatoms. The number of aliphatic hydroxyl groups is 1. The zero-order valence-corrected chi connectivity index (χ0v) is 70.3. The predicted molar refractivity (Wildman–Crippen MR) is 428 cm³/mol. The number of phosphoric acid groups is 2. The van der Waals surface area contributed by atoms with Crippen molar-refractivity contribution >= 4 is 39.5 Å². The monoisotopic (exact) mass is 1520 g/mol. The average Bonchev–Trinajstić information content (AvgIpc) is 0.969. The molecule has 0 saturated heterocycles. The lowest BCUT2D eigenvalue weighted by atomic mass is 9.99. The molecule has 0 heterocycles. The molecule has 0 aliphatic rings. The van der Waals surface area contributed by atoms with E-state index in [-0.39, 0.29) is 25.7 Å². The summed E-state index contributed by atoms with van der Waals surface area (Å²) < 4.78 is 68.8. The molecule has 0 fully saturated rings. The summed E-state index contributed by atoms with van der Waals surface area (Å²) in [5.41, 5.74) is 0. The molecule has 17 nitrogen and oxygen atoms in total. The number of aliphatic hydroxyl groups excluding tert-OH is 1. The van der Waals surface area contributed by atoms with Gasteiger partial charge in [-0.3, -0.25) is 37.3 Å². The molecular weight excluding hydrogens is 1350 g/mol. The van der Waals surface area contributed by atoms with Gasteiger partial charge in [-0.1, -0.05) is 395 Å². The van der Waals surface area contributed by atoms with Crippen molar-refractivity contribution in [3.63, 3.8) is 0 Å². The highest BCUT2D eigenvalue weighted by Gasteiger charge is 2.30. The molecular formula is C85H166O17P2.